The molecule has 0 aliphatic heterocycles. The standard InChI is InChI=1S/C12H18ClNO2/c1-9-4-3-5-11(13)12(9)16-7-6-14-10(2)8-15/h3-5,10,14-15H,6-8H2,1-2H3. The van der Waals surface area contributed by atoms with Crippen LogP contribution in [0.5, 0.6) is 5.75 Å². The van der Waals surface area contributed by atoms with E-state index in [1.165, 1.54) is 0 Å². The molecule has 0 amide bonds. The van der Waals surface area contributed by atoms with Gasteiger partial charge >= 0.3 is 0 Å². The summed E-state index contributed by atoms with van der Waals surface area (Å²) in [4.78, 5) is 0. The summed E-state index contributed by atoms with van der Waals surface area (Å²) in [6.07, 6.45) is 0. The van der Waals surface area contributed by atoms with E-state index in [0.29, 0.717) is 18.2 Å². The zero-order chi connectivity index (χ0) is 12.0. The first-order chi connectivity index (χ1) is 7.65. The molecular formula is C12H18ClNO2. The monoisotopic (exact) mass is 243 g/mol. The summed E-state index contributed by atoms with van der Waals surface area (Å²) in [6, 6.07) is 5.77. The van der Waals surface area contributed by atoms with Crippen molar-refractivity contribution in [3.63, 3.8) is 0 Å². The third-order valence-electron chi connectivity index (χ3n) is 2.28. The van der Waals surface area contributed by atoms with Crippen LogP contribution < -0.4 is 10.1 Å². The Morgan fingerprint density at radius 1 is 1.50 bits per heavy atom. The summed E-state index contributed by atoms with van der Waals surface area (Å²) in [7, 11) is 0. The number of nitrogens with one attached hydrogen (secondary N) is 1. The molecule has 0 aliphatic carbocycles. The Balaban J connectivity index is 2.37. The fourth-order valence-corrected chi connectivity index (χ4v) is 1.60. The second-order valence-electron chi connectivity index (χ2n) is 3.77. The van der Waals surface area contributed by atoms with Crippen LogP contribution in [0.3, 0.4) is 0 Å². The van der Waals surface area contributed by atoms with E-state index in [2.05, 4.69) is 5.32 Å². The van der Waals surface area contributed by atoms with E-state index < -0.39 is 0 Å². The minimum atomic E-state index is 0.0935. The van der Waals surface area contributed by atoms with Crippen molar-refractivity contribution < 1.29 is 9.84 Å². The van der Waals surface area contributed by atoms with Crippen LogP contribution in [-0.2, 0) is 0 Å². The van der Waals surface area contributed by atoms with Gasteiger partial charge in [0.25, 0.3) is 0 Å². The molecule has 1 aromatic rings. The maximum Gasteiger partial charge on any atom is 0.140 e. The fraction of sp³-hybridized carbons (Fsp3) is 0.500. The van der Waals surface area contributed by atoms with Gasteiger partial charge in [-0.3, -0.25) is 0 Å². The summed E-state index contributed by atoms with van der Waals surface area (Å²) in [5.41, 5.74) is 1.03. The van der Waals surface area contributed by atoms with E-state index >= 15 is 0 Å². The van der Waals surface area contributed by atoms with Crippen LogP contribution in [0.15, 0.2) is 18.2 Å². The molecule has 0 aliphatic rings. The van der Waals surface area contributed by atoms with E-state index in [4.69, 9.17) is 21.4 Å². The molecule has 0 saturated carbocycles. The minimum absolute atomic E-state index is 0.0935. The molecule has 2 N–H and O–H groups in total. The number of hydrogen-bond donors (Lipinski definition) is 2. The third kappa shape index (κ3) is 4.00. The molecule has 1 aromatic carbocycles. The molecular weight excluding hydrogens is 226 g/mol. The van der Waals surface area contributed by atoms with E-state index in [-0.39, 0.29) is 12.6 Å². The molecule has 0 saturated heterocycles. The highest BCUT2D eigenvalue weighted by atomic mass is 35.5. The molecule has 0 spiro atoms. The van der Waals surface area contributed by atoms with Gasteiger partial charge in [0, 0.05) is 12.6 Å². The number of aliphatic hydroxyl groups is 1. The van der Waals surface area contributed by atoms with Crippen LogP contribution in [-0.4, -0.2) is 30.9 Å². The van der Waals surface area contributed by atoms with Crippen molar-refractivity contribution in [3.05, 3.63) is 28.8 Å². The van der Waals surface area contributed by atoms with Crippen LogP contribution in [0.1, 0.15) is 12.5 Å². The lowest BCUT2D eigenvalue weighted by Crippen LogP contribution is -2.32. The minimum Gasteiger partial charge on any atom is -0.490 e. The van der Waals surface area contributed by atoms with Crippen molar-refractivity contribution in [3.8, 4) is 5.75 Å². The molecule has 0 aromatic heterocycles. The van der Waals surface area contributed by atoms with Gasteiger partial charge in [0.2, 0.25) is 0 Å². The van der Waals surface area contributed by atoms with Crippen molar-refractivity contribution in [2.24, 2.45) is 0 Å². The number of ether oxygens (including phenoxy) is 1. The first-order valence-electron chi connectivity index (χ1n) is 5.37. The molecule has 90 valence electrons. The summed E-state index contributed by atoms with van der Waals surface area (Å²) in [5, 5.41) is 12.6. The zero-order valence-electron chi connectivity index (χ0n) is 9.66. The molecule has 0 fully saturated rings. The van der Waals surface area contributed by atoms with E-state index in [1.54, 1.807) is 0 Å². The molecule has 4 heteroatoms. The van der Waals surface area contributed by atoms with E-state index in [1.807, 2.05) is 32.0 Å². The maximum absolute atomic E-state index is 8.81. The first kappa shape index (κ1) is 13.3. The van der Waals surface area contributed by atoms with Crippen molar-refractivity contribution >= 4 is 11.6 Å². The Kier molecular flexibility index (Phi) is 5.60. The predicted molar refractivity (Wildman–Crippen MR) is 66.2 cm³/mol. The van der Waals surface area contributed by atoms with Gasteiger partial charge in [0.05, 0.1) is 11.6 Å². The lowest BCUT2D eigenvalue weighted by molar-refractivity contribution is 0.239. The highest BCUT2D eigenvalue weighted by molar-refractivity contribution is 6.32. The lowest BCUT2D eigenvalue weighted by Gasteiger charge is -2.13. The predicted octanol–water partition coefficient (Wildman–Crippen LogP) is 2.00. The summed E-state index contributed by atoms with van der Waals surface area (Å²) < 4.78 is 5.59. The van der Waals surface area contributed by atoms with Gasteiger partial charge < -0.3 is 15.2 Å². The van der Waals surface area contributed by atoms with Crippen molar-refractivity contribution in [2.45, 2.75) is 19.9 Å². The Labute approximate surface area is 101 Å². The number of hydrogen-bond acceptors (Lipinski definition) is 3. The van der Waals surface area contributed by atoms with Gasteiger partial charge in [0.1, 0.15) is 12.4 Å². The number of para-hydroxylation sites is 1. The summed E-state index contributed by atoms with van der Waals surface area (Å²) >= 11 is 6.01. The average molecular weight is 244 g/mol. The molecule has 16 heavy (non-hydrogen) atoms. The number of aryl methyl sites for hydroxylation is 1. The normalized spacial score (nSPS) is 12.5. The van der Waals surface area contributed by atoms with Crippen LogP contribution >= 0.6 is 11.6 Å². The SMILES string of the molecule is Cc1cccc(Cl)c1OCCNC(C)CO. The Hall–Kier alpha value is -0.770. The molecule has 0 heterocycles. The van der Waals surface area contributed by atoms with Gasteiger partial charge in [-0.05, 0) is 25.5 Å². The van der Waals surface area contributed by atoms with Gasteiger partial charge in [0.15, 0.2) is 0 Å². The van der Waals surface area contributed by atoms with Crippen molar-refractivity contribution in [1.29, 1.82) is 0 Å². The fourth-order valence-electron chi connectivity index (χ4n) is 1.32. The van der Waals surface area contributed by atoms with Crippen LogP contribution in [0, 0.1) is 6.92 Å². The largest absolute Gasteiger partial charge is 0.490 e. The van der Waals surface area contributed by atoms with Gasteiger partial charge in [-0.1, -0.05) is 23.7 Å². The Bertz CT molecular complexity index is 311. The molecule has 3 nitrogen and oxygen atoms in total. The second kappa shape index (κ2) is 6.74. The highest BCUT2D eigenvalue weighted by Gasteiger charge is 2.04. The van der Waals surface area contributed by atoms with E-state index in [0.717, 1.165) is 11.3 Å². The van der Waals surface area contributed by atoms with E-state index in [9.17, 15) is 0 Å². The van der Waals surface area contributed by atoms with Crippen molar-refractivity contribution in [1.82, 2.24) is 5.32 Å². The van der Waals surface area contributed by atoms with Crippen LogP contribution in [0.4, 0.5) is 0 Å². The van der Waals surface area contributed by atoms with Gasteiger partial charge in [-0.15, -0.1) is 0 Å². The molecule has 0 bridgehead atoms. The third-order valence-corrected chi connectivity index (χ3v) is 2.58. The highest BCUT2D eigenvalue weighted by Crippen LogP contribution is 2.27. The Morgan fingerprint density at radius 3 is 2.88 bits per heavy atom. The zero-order valence-corrected chi connectivity index (χ0v) is 10.4. The van der Waals surface area contributed by atoms with Gasteiger partial charge in [-0.2, -0.15) is 0 Å². The number of rotatable bonds is 6. The quantitative estimate of drug-likeness (QED) is 0.751. The maximum atomic E-state index is 8.81. The molecule has 0 radical (unpaired) electrons. The smallest absolute Gasteiger partial charge is 0.140 e. The summed E-state index contributed by atoms with van der Waals surface area (Å²) in [6.45, 7) is 5.23. The number of benzene rings is 1. The van der Waals surface area contributed by atoms with Crippen LogP contribution in [0.25, 0.3) is 0 Å². The summed E-state index contributed by atoms with van der Waals surface area (Å²) in [5.74, 6) is 0.739. The lowest BCUT2D eigenvalue weighted by atomic mass is 10.2. The molecule has 1 unspecified atom stereocenters. The number of halogens is 1. The van der Waals surface area contributed by atoms with Gasteiger partial charge in [-0.25, -0.2) is 0 Å². The average Bonchev–Trinajstić information content (AvgIpc) is 2.27. The molecule has 1 rings (SSSR count). The van der Waals surface area contributed by atoms with Crippen molar-refractivity contribution in [2.75, 3.05) is 19.8 Å². The second-order valence-corrected chi connectivity index (χ2v) is 4.18. The Morgan fingerprint density at radius 2 is 2.25 bits per heavy atom. The van der Waals surface area contributed by atoms with Crippen LogP contribution in [0.2, 0.25) is 5.02 Å². The molecule has 1 atom stereocenters. The first-order valence-corrected chi connectivity index (χ1v) is 5.75. The topological polar surface area (TPSA) is 41.5 Å². The number of aliphatic hydroxyl groups excluding tert-OH is 1.